The smallest absolute Gasteiger partial charge is 0.197 e. The van der Waals surface area contributed by atoms with E-state index in [2.05, 4.69) is 9.97 Å². The third-order valence-corrected chi connectivity index (χ3v) is 2.29. The van der Waals surface area contributed by atoms with Gasteiger partial charge in [-0.15, -0.1) is 11.3 Å². The maximum absolute atomic E-state index is 4.85. The van der Waals surface area contributed by atoms with Crippen LogP contribution in [0.15, 0.2) is 17.6 Å². The van der Waals surface area contributed by atoms with Crippen molar-refractivity contribution < 1.29 is 0 Å². The standard InChI is InChI=1S/C6H4N2S2/c9-6-7-3-4-1-2-10-5(4)8-6/h1-3H,(H,7,8,9). The van der Waals surface area contributed by atoms with Gasteiger partial charge in [-0.25, -0.2) is 4.98 Å². The first-order chi connectivity index (χ1) is 4.86. The average molecular weight is 168 g/mol. The molecule has 0 unspecified atom stereocenters. The van der Waals surface area contributed by atoms with Crippen LogP contribution in [-0.4, -0.2) is 9.97 Å². The second kappa shape index (κ2) is 2.14. The van der Waals surface area contributed by atoms with E-state index in [1.165, 1.54) is 0 Å². The molecule has 0 aliphatic rings. The Labute approximate surface area is 66.6 Å². The van der Waals surface area contributed by atoms with Crippen LogP contribution in [0.25, 0.3) is 10.2 Å². The Morgan fingerprint density at radius 2 is 2.50 bits per heavy atom. The minimum atomic E-state index is 0.551. The molecule has 0 bridgehead atoms. The molecule has 50 valence electrons. The molecule has 0 aliphatic carbocycles. The van der Waals surface area contributed by atoms with Crippen molar-refractivity contribution in [3.8, 4) is 0 Å². The second-order valence-electron chi connectivity index (χ2n) is 1.89. The Bertz CT molecular complexity index is 401. The summed E-state index contributed by atoms with van der Waals surface area (Å²) in [5.41, 5.74) is 0. The summed E-state index contributed by atoms with van der Waals surface area (Å²) in [6.45, 7) is 0. The maximum atomic E-state index is 4.85. The predicted octanol–water partition coefficient (Wildman–Crippen LogP) is 2.35. The zero-order valence-corrected chi connectivity index (χ0v) is 6.63. The average Bonchev–Trinajstić information content (AvgIpc) is 2.33. The summed E-state index contributed by atoms with van der Waals surface area (Å²) in [5, 5.41) is 3.14. The molecule has 10 heavy (non-hydrogen) atoms. The van der Waals surface area contributed by atoms with Gasteiger partial charge >= 0.3 is 0 Å². The van der Waals surface area contributed by atoms with E-state index < -0.39 is 0 Å². The van der Waals surface area contributed by atoms with Crippen LogP contribution in [-0.2, 0) is 0 Å². The summed E-state index contributed by atoms with van der Waals surface area (Å²) in [4.78, 5) is 8.03. The van der Waals surface area contributed by atoms with Crippen LogP contribution in [0.1, 0.15) is 0 Å². The second-order valence-corrected chi connectivity index (χ2v) is 3.20. The Morgan fingerprint density at radius 1 is 1.60 bits per heavy atom. The van der Waals surface area contributed by atoms with Crippen LogP contribution in [0.4, 0.5) is 0 Å². The lowest BCUT2D eigenvalue weighted by atomic mass is 10.4. The van der Waals surface area contributed by atoms with Gasteiger partial charge in [-0.3, -0.25) is 0 Å². The number of nitrogens with one attached hydrogen (secondary N) is 1. The predicted molar refractivity (Wildman–Crippen MR) is 44.8 cm³/mol. The summed E-state index contributed by atoms with van der Waals surface area (Å²) in [5.74, 6) is 0. The van der Waals surface area contributed by atoms with E-state index in [1.807, 2.05) is 11.4 Å². The zero-order valence-electron chi connectivity index (χ0n) is 5.00. The normalized spacial score (nSPS) is 10.4. The number of fused-ring (bicyclic) bond motifs is 1. The molecule has 0 aromatic carbocycles. The number of hydrogen-bond donors (Lipinski definition) is 1. The van der Waals surface area contributed by atoms with Crippen LogP contribution >= 0.6 is 23.6 Å². The molecular weight excluding hydrogens is 164 g/mol. The fourth-order valence-corrected chi connectivity index (χ4v) is 1.76. The molecule has 0 saturated carbocycles. The van der Waals surface area contributed by atoms with Gasteiger partial charge in [-0.05, 0) is 23.7 Å². The molecule has 0 radical (unpaired) electrons. The number of aromatic amines is 1. The molecule has 4 heteroatoms. The largest absolute Gasteiger partial charge is 0.322 e. The van der Waals surface area contributed by atoms with Gasteiger partial charge < -0.3 is 4.98 Å². The molecule has 2 aromatic rings. The molecule has 2 rings (SSSR count). The van der Waals surface area contributed by atoms with E-state index in [-0.39, 0.29) is 0 Å². The van der Waals surface area contributed by atoms with Crippen molar-refractivity contribution in [3.63, 3.8) is 0 Å². The molecular formula is C6H4N2S2. The van der Waals surface area contributed by atoms with E-state index in [1.54, 1.807) is 17.5 Å². The first-order valence-electron chi connectivity index (χ1n) is 2.79. The van der Waals surface area contributed by atoms with E-state index in [4.69, 9.17) is 12.2 Å². The first kappa shape index (κ1) is 6.00. The van der Waals surface area contributed by atoms with E-state index in [9.17, 15) is 0 Å². The van der Waals surface area contributed by atoms with Gasteiger partial charge in [-0.1, -0.05) is 0 Å². The van der Waals surface area contributed by atoms with Crippen molar-refractivity contribution in [1.82, 2.24) is 9.97 Å². The van der Waals surface area contributed by atoms with Gasteiger partial charge in [-0.2, -0.15) is 0 Å². The summed E-state index contributed by atoms with van der Waals surface area (Å²) in [7, 11) is 0. The van der Waals surface area contributed by atoms with Gasteiger partial charge in [0.15, 0.2) is 4.77 Å². The van der Waals surface area contributed by atoms with Crippen molar-refractivity contribution in [2.45, 2.75) is 0 Å². The van der Waals surface area contributed by atoms with Gasteiger partial charge in [0.1, 0.15) is 4.83 Å². The quantitative estimate of drug-likeness (QED) is 0.612. The number of thiophene rings is 1. The highest BCUT2D eigenvalue weighted by molar-refractivity contribution is 7.71. The lowest BCUT2D eigenvalue weighted by Gasteiger charge is -1.85. The first-order valence-corrected chi connectivity index (χ1v) is 4.07. The zero-order chi connectivity index (χ0) is 6.97. The van der Waals surface area contributed by atoms with Crippen LogP contribution in [0, 0.1) is 4.77 Å². The maximum Gasteiger partial charge on any atom is 0.197 e. The Balaban J connectivity index is 2.99. The minimum Gasteiger partial charge on any atom is -0.322 e. The lowest BCUT2D eigenvalue weighted by molar-refractivity contribution is 1.20. The number of aromatic nitrogens is 2. The minimum absolute atomic E-state index is 0.551. The molecule has 2 heterocycles. The summed E-state index contributed by atoms with van der Waals surface area (Å²) >= 11 is 6.48. The molecule has 0 saturated heterocycles. The number of H-pyrrole nitrogens is 1. The van der Waals surface area contributed by atoms with Gasteiger partial charge in [0, 0.05) is 11.6 Å². The van der Waals surface area contributed by atoms with Crippen LogP contribution < -0.4 is 0 Å². The SMILES string of the molecule is S=c1ncc2ccsc2[nH]1. The van der Waals surface area contributed by atoms with Crippen LogP contribution in [0.2, 0.25) is 0 Å². The Morgan fingerprint density at radius 3 is 3.40 bits per heavy atom. The topological polar surface area (TPSA) is 28.7 Å². The van der Waals surface area contributed by atoms with E-state index in [0.29, 0.717) is 4.77 Å². The highest BCUT2D eigenvalue weighted by Gasteiger charge is 1.91. The molecule has 0 atom stereocenters. The molecule has 0 spiro atoms. The van der Waals surface area contributed by atoms with Crippen molar-refractivity contribution in [2.75, 3.05) is 0 Å². The fourth-order valence-electron chi connectivity index (χ4n) is 0.780. The van der Waals surface area contributed by atoms with Crippen molar-refractivity contribution in [2.24, 2.45) is 0 Å². The molecule has 2 aromatic heterocycles. The number of hydrogen-bond acceptors (Lipinski definition) is 3. The highest BCUT2D eigenvalue weighted by atomic mass is 32.1. The van der Waals surface area contributed by atoms with Gasteiger partial charge in [0.25, 0.3) is 0 Å². The number of nitrogens with zero attached hydrogens (tertiary/aromatic N) is 1. The van der Waals surface area contributed by atoms with Crippen LogP contribution in [0.5, 0.6) is 0 Å². The third-order valence-electron chi connectivity index (χ3n) is 1.24. The molecule has 0 fully saturated rings. The molecule has 0 aliphatic heterocycles. The Kier molecular flexibility index (Phi) is 1.28. The van der Waals surface area contributed by atoms with Crippen LogP contribution in [0.3, 0.4) is 0 Å². The fraction of sp³-hybridized carbons (Fsp3) is 0. The van der Waals surface area contributed by atoms with E-state index >= 15 is 0 Å². The number of rotatable bonds is 0. The van der Waals surface area contributed by atoms with E-state index in [0.717, 1.165) is 10.2 Å². The molecule has 0 amide bonds. The summed E-state index contributed by atoms with van der Waals surface area (Å²) in [6, 6.07) is 2.01. The monoisotopic (exact) mass is 168 g/mol. The lowest BCUT2D eigenvalue weighted by Crippen LogP contribution is -1.76. The highest BCUT2D eigenvalue weighted by Crippen LogP contribution is 2.15. The third kappa shape index (κ3) is 0.853. The molecule has 2 nitrogen and oxygen atoms in total. The summed E-state index contributed by atoms with van der Waals surface area (Å²) < 4.78 is 0.551. The van der Waals surface area contributed by atoms with Crippen molar-refractivity contribution in [1.29, 1.82) is 0 Å². The molecule has 1 N–H and O–H groups in total. The van der Waals surface area contributed by atoms with Crippen molar-refractivity contribution >= 4 is 33.8 Å². The van der Waals surface area contributed by atoms with Gasteiger partial charge in [0.05, 0.1) is 0 Å². The summed E-state index contributed by atoms with van der Waals surface area (Å²) in [6.07, 6.45) is 1.78. The van der Waals surface area contributed by atoms with Crippen molar-refractivity contribution in [3.05, 3.63) is 22.4 Å². The Hall–Kier alpha value is -0.740. The van der Waals surface area contributed by atoms with Gasteiger partial charge in [0.2, 0.25) is 0 Å².